The molecule has 1 aromatic heterocycles. The average molecular weight is 224 g/mol. The van der Waals surface area contributed by atoms with Crippen LogP contribution in [0.2, 0.25) is 0 Å². The van der Waals surface area contributed by atoms with Crippen LogP contribution in [0.3, 0.4) is 0 Å². The van der Waals surface area contributed by atoms with Crippen molar-refractivity contribution in [2.45, 2.75) is 20.3 Å². The van der Waals surface area contributed by atoms with Crippen LogP contribution < -0.4 is 0 Å². The molecule has 0 fully saturated rings. The molecule has 0 aliphatic rings. The fourth-order valence-electron chi connectivity index (χ4n) is 1.44. The van der Waals surface area contributed by atoms with Crippen LogP contribution in [0.5, 0.6) is 0 Å². The van der Waals surface area contributed by atoms with E-state index in [2.05, 4.69) is 18.8 Å². The van der Waals surface area contributed by atoms with E-state index in [0.29, 0.717) is 18.0 Å². The van der Waals surface area contributed by atoms with Gasteiger partial charge >= 0.3 is 0 Å². The van der Waals surface area contributed by atoms with Gasteiger partial charge in [-0.1, -0.05) is 20.3 Å². The number of aromatic nitrogens is 1. The minimum atomic E-state index is -0.622. The van der Waals surface area contributed by atoms with Gasteiger partial charge in [0.05, 0.1) is 0 Å². The van der Waals surface area contributed by atoms with Crippen LogP contribution in [-0.2, 0) is 0 Å². The van der Waals surface area contributed by atoms with Crippen LogP contribution in [-0.4, -0.2) is 29.4 Å². The second-order valence-corrected chi connectivity index (χ2v) is 4.07. The molecule has 3 nitrogen and oxygen atoms in total. The fourth-order valence-corrected chi connectivity index (χ4v) is 1.44. The van der Waals surface area contributed by atoms with E-state index in [0.717, 1.165) is 12.5 Å². The van der Waals surface area contributed by atoms with Gasteiger partial charge in [-0.15, -0.1) is 0 Å². The Morgan fingerprint density at radius 3 is 2.88 bits per heavy atom. The minimum Gasteiger partial charge on any atom is -0.341 e. The Labute approximate surface area is 95.3 Å². The Balaban J connectivity index is 2.70. The Hall–Kier alpha value is -1.45. The molecule has 0 radical (unpaired) electrons. The lowest BCUT2D eigenvalue weighted by Gasteiger charge is -2.20. The highest BCUT2D eigenvalue weighted by Crippen LogP contribution is 2.08. The molecular formula is C12H17FN2O. The molecule has 1 rings (SSSR count). The van der Waals surface area contributed by atoms with Gasteiger partial charge in [0.2, 0.25) is 5.95 Å². The summed E-state index contributed by atoms with van der Waals surface area (Å²) in [4.78, 5) is 16.9. The van der Waals surface area contributed by atoms with Gasteiger partial charge < -0.3 is 4.90 Å². The summed E-state index contributed by atoms with van der Waals surface area (Å²) in [5, 5.41) is 0. The van der Waals surface area contributed by atoms with E-state index in [9.17, 15) is 9.18 Å². The predicted octanol–water partition coefficient (Wildman–Crippen LogP) is 2.34. The maximum Gasteiger partial charge on any atom is 0.253 e. The van der Waals surface area contributed by atoms with Crippen LogP contribution >= 0.6 is 0 Å². The third-order valence-electron chi connectivity index (χ3n) is 2.60. The molecule has 0 saturated heterocycles. The van der Waals surface area contributed by atoms with Crippen LogP contribution in [0, 0.1) is 11.9 Å². The van der Waals surface area contributed by atoms with E-state index in [1.165, 1.54) is 12.3 Å². The number of amides is 1. The number of carbonyl (C=O) groups is 1. The van der Waals surface area contributed by atoms with E-state index in [-0.39, 0.29) is 5.91 Å². The standard InChI is InChI=1S/C12H17FN2O/c1-4-9(2)8-15(3)12(16)10-5-6-14-11(13)7-10/h5-7,9H,4,8H2,1-3H3. The molecule has 0 aliphatic carbocycles. The van der Waals surface area contributed by atoms with Crippen LogP contribution in [0.15, 0.2) is 18.3 Å². The zero-order chi connectivity index (χ0) is 12.1. The Kier molecular flexibility index (Phi) is 4.40. The molecule has 0 N–H and O–H groups in total. The molecule has 1 heterocycles. The highest BCUT2D eigenvalue weighted by atomic mass is 19.1. The van der Waals surface area contributed by atoms with Gasteiger partial charge in [-0.25, -0.2) is 4.98 Å². The first-order valence-electron chi connectivity index (χ1n) is 5.41. The smallest absolute Gasteiger partial charge is 0.253 e. The van der Waals surface area contributed by atoms with Crippen LogP contribution in [0.4, 0.5) is 4.39 Å². The Bertz CT molecular complexity index is 368. The summed E-state index contributed by atoms with van der Waals surface area (Å²) in [5.74, 6) is -0.343. The molecule has 0 bridgehead atoms. The van der Waals surface area contributed by atoms with Gasteiger partial charge in [-0.05, 0) is 12.0 Å². The first-order valence-corrected chi connectivity index (χ1v) is 5.41. The number of carbonyl (C=O) groups excluding carboxylic acids is 1. The summed E-state index contributed by atoms with van der Waals surface area (Å²) >= 11 is 0. The second kappa shape index (κ2) is 5.58. The summed E-state index contributed by atoms with van der Waals surface area (Å²) in [6.07, 6.45) is 2.32. The van der Waals surface area contributed by atoms with Gasteiger partial charge in [0.25, 0.3) is 5.91 Å². The average Bonchev–Trinajstić information content (AvgIpc) is 2.27. The molecule has 1 amide bonds. The number of rotatable bonds is 4. The van der Waals surface area contributed by atoms with E-state index >= 15 is 0 Å². The number of hydrogen-bond acceptors (Lipinski definition) is 2. The van der Waals surface area contributed by atoms with Gasteiger partial charge in [0, 0.05) is 31.4 Å². The zero-order valence-electron chi connectivity index (χ0n) is 9.90. The van der Waals surface area contributed by atoms with Crippen molar-refractivity contribution < 1.29 is 9.18 Å². The van der Waals surface area contributed by atoms with Crippen LogP contribution in [0.1, 0.15) is 30.6 Å². The third-order valence-corrected chi connectivity index (χ3v) is 2.60. The molecule has 0 aromatic carbocycles. The van der Waals surface area contributed by atoms with Crippen molar-refractivity contribution in [3.8, 4) is 0 Å². The van der Waals surface area contributed by atoms with Crippen LogP contribution in [0.25, 0.3) is 0 Å². The lowest BCUT2D eigenvalue weighted by molar-refractivity contribution is 0.0774. The minimum absolute atomic E-state index is 0.165. The largest absolute Gasteiger partial charge is 0.341 e. The molecule has 1 unspecified atom stereocenters. The molecule has 88 valence electrons. The molecule has 0 saturated carbocycles. The molecule has 4 heteroatoms. The second-order valence-electron chi connectivity index (χ2n) is 4.07. The monoisotopic (exact) mass is 224 g/mol. The topological polar surface area (TPSA) is 33.2 Å². The van der Waals surface area contributed by atoms with E-state index < -0.39 is 5.95 Å². The fraction of sp³-hybridized carbons (Fsp3) is 0.500. The summed E-state index contributed by atoms with van der Waals surface area (Å²) in [7, 11) is 1.73. The summed E-state index contributed by atoms with van der Waals surface area (Å²) < 4.78 is 12.8. The maximum absolute atomic E-state index is 12.8. The van der Waals surface area contributed by atoms with Crippen molar-refractivity contribution in [2.75, 3.05) is 13.6 Å². The van der Waals surface area contributed by atoms with Crippen molar-refractivity contribution in [1.29, 1.82) is 0 Å². The maximum atomic E-state index is 12.8. The Morgan fingerprint density at radius 1 is 1.62 bits per heavy atom. The SMILES string of the molecule is CCC(C)CN(C)C(=O)c1ccnc(F)c1. The summed E-state index contributed by atoms with van der Waals surface area (Å²) in [5.41, 5.74) is 0.346. The Morgan fingerprint density at radius 2 is 2.31 bits per heavy atom. The van der Waals surface area contributed by atoms with Gasteiger partial charge in [-0.3, -0.25) is 4.79 Å². The quantitative estimate of drug-likeness (QED) is 0.735. The molecule has 1 aromatic rings. The van der Waals surface area contributed by atoms with E-state index in [1.54, 1.807) is 11.9 Å². The van der Waals surface area contributed by atoms with E-state index in [1.807, 2.05) is 0 Å². The van der Waals surface area contributed by atoms with Gasteiger partial charge in [0.1, 0.15) is 0 Å². The van der Waals surface area contributed by atoms with Gasteiger partial charge in [-0.2, -0.15) is 4.39 Å². The number of pyridine rings is 1. The lowest BCUT2D eigenvalue weighted by Crippen LogP contribution is -2.30. The molecule has 16 heavy (non-hydrogen) atoms. The zero-order valence-corrected chi connectivity index (χ0v) is 9.90. The van der Waals surface area contributed by atoms with Crippen molar-refractivity contribution in [2.24, 2.45) is 5.92 Å². The van der Waals surface area contributed by atoms with Gasteiger partial charge in [0.15, 0.2) is 0 Å². The first-order chi connectivity index (χ1) is 7.54. The first kappa shape index (κ1) is 12.6. The summed E-state index contributed by atoms with van der Waals surface area (Å²) in [6, 6.07) is 2.69. The highest BCUT2D eigenvalue weighted by molar-refractivity contribution is 5.93. The molecule has 0 aliphatic heterocycles. The number of hydrogen-bond donors (Lipinski definition) is 0. The van der Waals surface area contributed by atoms with Crippen molar-refractivity contribution in [3.63, 3.8) is 0 Å². The number of nitrogens with zero attached hydrogens (tertiary/aromatic N) is 2. The van der Waals surface area contributed by atoms with Crippen molar-refractivity contribution >= 4 is 5.91 Å². The number of halogens is 1. The normalized spacial score (nSPS) is 12.2. The molecule has 0 spiro atoms. The molecule has 1 atom stereocenters. The van der Waals surface area contributed by atoms with E-state index in [4.69, 9.17) is 0 Å². The summed E-state index contributed by atoms with van der Waals surface area (Å²) in [6.45, 7) is 4.84. The molecular weight excluding hydrogens is 207 g/mol. The van der Waals surface area contributed by atoms with Crippen molar-refractivity contribution in [3.05, 3.63) is 29.8 Å². The third kappa shape index (κ3) is 3.29. The highest BCUT2D eigenvalue weighted by Gasteiger charge is 2.14. The lowest BCUT2D eigenvalue weighted by atomic mass is 10.1. The predicted molar refractivity (Wildman–Crippen MR) is 60.6 cm³/mol. The van der Waals surface area contributed by atoms with Crippen molar-refractivity contribution in [1.82, 2.24) is 9.88 Å².